The van der Waals surface area contributed by atoms with Crippen LogP contribution in [-0.4, -0.2) is 33.2 Å². The summed E-state index contributed by atoms with van der Waals surface area (Å²) in [5.41, 5.74) is 1.67. The van der Waals surface area contributed by atoms with Gasteiger partial charge in [-0.15, -0.1) is 5.10 Å². The van der Waals surface area contributed by atoms with Crippen molar-refractivity contribution in [3.8, 4) is 11.4 Å². The van der Waals surface area contributed by atoms with Crippen molar-refractivity contribution in [1.82, 2.24) is 25.5 Å². The van der Waals surface area contributed by atoms with E-state index in [0.29, 0.717) is 5.69 Å². The van der Waals surface area contributed by atoms with Gasteiger partial charge in [0.1, 0.15) is 17.7 Å². The van der Waals surface area contributed by atoms with Gasteiger partial charge in [0.05, 0.1) is 25.5 Å². The van der Waals surface area contributed by atoms with Crippen LogP contribution < -0.4 is 10.1 Å². The summed E-state index contributed by atoms with van der Waals surface area (Å²) in [6, 6.07) is 8.92. The van der Waals surface area contributed by atoms with Gasteiger partial charge in [0.25, 0.3) is 5.91 Å². The van der Waals surface area contributed by atoms with Crippen molar-refractivity contribution in [2.45, 2.75) is 6.54 Å². The molecule has 2 heterocycles. The Labute approximate surface area is 125 Å². The van der Waals surface area contributed by atoms with Crippen molar-refractivity contribution in [1.29, 1.82) is 0 Å². The molecule has 8 nitrogen and oxygen atoms in total. The van der Waals surface area contributed by atoms with Crippen LogP contribution in [0.15, 0.2) is 47.3 Å². The second kappa shape index (κ2) is 6.08. The zero-order valence-corrected chi connectivity index (χ0v) is 11.8. The molecule has 0 atom stereocenters. The van der Waals surface area contributed by atoms with E-state index in [0.717, 1.165) is 11.4 Å². The SMILES string of the molecule is COc1cccc(-n2cc(CNC(=O)c3ccon3)nn2)c1. The topological polar surface area (TPSA) is 95.1 Å². The number of nitrogens with one attached hydrogen (secondary N) is 1. The Bertz CT molecular complexity index is 766. The molecule has 8 heteroatoms. The number of benzene rings is 1. The summed E-state index contributed by atoms with van der Waals surface area (Å²) in [4.78, 5) is 11.7. The molecular formula is C14H13N5O3. The summed E-state index contributed by atoms with van der Waals surface area (Å²) in [6.07, 6.45) is 3.08. The van der Waals surface area contributed by atoms with E-state index < -0.39 is 0 Å². The van der Waals surface area contributed by atoms with Crippen LogP contribution in [-0.2, 0) is 6.54 Å². The van der Waals surface area contributed by atoms with Gasteiger partial charge in [0, 0.05) is 12.1 Å². The molecule has 0 bridgehead atoms. The summed E-state index contributed by atoms with van der Waals surface area (Å²) in [7, 11) is 1.60. The average molecular weight is 299 g/mol. The number of nitrogens with zero attached hydrogens (tertiary/aromatic N) is 4. The zero-order chi connectivity index (χ0) is 15.4. The van der Waals surface area contributed by atoms with Crippen LogP contribution >= 0.6 is 0 Å². The molecule has 1 amide bonds. The van der Waals surface area contributed by atoms with Gasteiger partial charge in [-0.3, -0.25) is 4.79 Å². The molecule has 3 rings (SSSR count). The number of carbonyl (C=O) groups is 1. The number of hydrogen-bond acceptors (Lipinski definition) is 6. The second-order valence-electron chi connectivity index (χ2n) is 4.42. The summed E-state index contributed by atoms with van der Waals surface area (Å²) in [5, 5.41) is 14.3. The Morgan fingerprint density at radius 1 is 1.41 bits per heavy atom. The summed E-state index contributed by atoms with van der Waals surface area (Å²) in [5.74, 6) is 0.401. The number of ether oxygens (including phenoxy) is 1. The number of aromatic nitrogens is 4. The Hall–Kier alpha value is -3.16. The molecule has 22 heavy (non-hydrogen) atoms. The van der Waals surface area contributed by atoms with Crippen molar-refractivity contribution in [3.05, 3.63) is 54.2 Å². The third-order valence-corrected chi connectivity index (χ3v) is 2.96. The van der Waals surface area contributed by atoms with Gasteiger partial charge in [-0.05, 0) is 12.1 Å². The van der Waals surface area contributed by atoms with E-state index >= 15 is 0 Å². The number of amides is 1. The Kier molecular flexibility index (Phi) is 3.82. The smallest absolute Gasteiger partial charge is 0.273 e. The highest BCUT2D eigenvalue weighted by Crippen LogP contribution is 2.15. The minimum Gasteiger partial charge on any atom is -0.497 e. The molecule has 0 aliphatic carbocycles. The normalized spacial score (nSPS) is 10.4. The molecule has 1 N–H and O–H groups in total. The van der Waals surface area contributed by atoms with Crippen molar-refractivity contribution < 1.29 is 14.1 Å². The van der Waals surface area contributed by atoms with Gasteiger partial charge in [-0.1, -0.05) is 16.4 Å². The lowest BCUT2D eigenvalue weighted by molar-refractivity contribution is 0.0941. The molecule has 0 aliphatic heterocycles. The number of hydrogen-bond donors (Lipinski definition) is 1. The Morgan fingerprint density at radius 3 is 3.09 bits per heavy atom. The average Bonchev–Trinajstić information content (AvgIpc) is 3.24. The molecular weight excluding hydrogens is 286 g/mol. The summed E-state index contributed by atoms with van der Waals surface area (Å²) in [6.45, 7) is 0.246. The molecule has 0 saturated heterocycles. The van der Waals surface area contributed by atoms with Crippen LogP contribution in [0.4, 0.5) is 0 Å². The van der Waals surface area contributed by atoms with Gasteiger partial charge in [-0.25, -0.2) is 4.68 Å². The molecule has 3 aromatic rings. The van der Waals surface area contributed by atoms with Crippen LogP contribution in [0.3, 0.4) is 0 Å². The van der Waals surface area contributed by atoms with Crippen LogP contribution in [0.25, 0.3) is 5.69 Å². The summed E-state index contributed by atoms with van der Waals surface area (Å²) >= 11 is 0. The van der Waals surface area contributed by atoms with Crippen molar-refractivity contribution in [3.63, 3.8) is 0 Å². The predicted octanol–water partition coefficient (Wildman–Crippen LogP) is 1.19. The zero-order valence-electron chi connectivity index (χ0n) is 11.8. The first-order valence-corrected chi connectivity index (χ1v) is 6.50. The first-order valence-electron chi connectivity index (χ1n) is 6.50. The maximum atomic E-state index is 11.7. The third kappa shape index (κ3) is 2.95. The fourth-order valence-electron chi connectivity index (χ4n) is 1.85. The maximum Gasteiger partial charge on any atom is 0.273 e. The molecule has 0 saturated carbocycles. The first-order chi connectivity index (χ1) is 10.8. The van der Waals surface area contributed by atoms with Gasteiger partial charge in [-0.2, -0.15) is 0 Å². The minimum atomic E-state index is -0.329. The molecule has 0 aliphatic rings. The molecule has 2 aromatic heterocycles. The lowest BCUT2D eigenvalue weighted by atomic mass is 10.3. The van der Waals surface area contributed by atoms with Gasteiger partial charge >= 0.3 is 0 Å². The highest BCUT2D eigenvalue weighted by atomic mass is 16.5. The number of methoxy groups -OCH3 is 1. The molecule has 0 unspecified atom stereocenters. The summed E-state index contributed by atoms with van der Waals surface area (Å²) < 4.78 is 11.4. The van der Waals surface area contributed by atoms with E-state index in [1.54, 1.807) is 18.0 Å². The molecule has 0 radical (unpaired) electrons. The number of carbonyl (C=O) groups excluding carboxylic acids is 1. The fourth-order valence-corrected chi connectivity index (χ4v) is 1.85. The standard InChI is InChI=1S/C14H13N5O3/c1-21-12-4-2-3-11(7-12)19-9-10(16-18-19)8-15-14(20)13-5-6-22-17-13/h2-7,9H,8H2,1H3,(H,15,20). The number of rotatable bonds is 5. The molecule has 112 valence electrons. The van der Waals surface area contributed by atoms with Crippen LogP contribution in [0, 0.1) is 0 Å². The van der Waals surface area contributed by atoms with Gasteiger partial charge in [0.2, 0.25) is 0 Å². The molecule has 0 spiro atoms. The van der Waals surface area contributed by atoms with Gasteiger partial charge < -0.3 is 14.6 Å². The van der Waals surface area contributed by atoms with Crippen molar-refractivity contribution >= 4 is 5.91 Å². The van der Waals surface area contributed by atoms with E-state index in [1.807, 2.05) is 24.3 Å². The fraction of sp³-hybridized carbons (Fsp3) is 0.143. The highest BCUT2D eigenvalue weighted by Gasteiger charge is 2.10. The highest BCUT2D eigenvalue weighted by molar-refractivity contribution is 5.91. The Morgan fingerprint density at radius 2 is 2.32 bits per heavy atom. The van der Waals surface area contributed by atoms with Crippen LogP contribution in [0.1, 0.15) is 16.2 Å². The van der Waals surface area contributed by atoms with Crippen molar-refractivity contribution in [2.24, 2.45) is 0 Å². The second-order valence-corrected chi connectivity index (χ2v) is 4.42. The van der Waals surface area contributed by atoms with E-state index in [9.17, 15) is 4.79 Å². The van der Waals surface area contributed by atoms with E-state index in [-0.39, 0.29) is 18.1 Å². The van der Waals surface area contributed by atoms with Crippen LogP contribution in [0.2, 0.25) is 0 Å². The first kappa shape index (κ1) is 13.8. The van der Waals surface area contributed by atoms with E-state index in [1.165, 1.54) is 12.3 Å². The lowest BCUT2D eigenvalue weighted by Crippen LogP contribution is -2.23. The third-order valence-electron chi connectivity index (χ3n) is 2.96. The molecule has 0 fully saturated rings. The van der Waals surface area contributed by atoms with Crippen molar-refractivity contribution in [2.75, 3.05) is 7.11 Å². The maximum absolute atomic E-state index is 11.7. The van der Waals surface area contributed by atoms with Crippen LogP contribution in [0.5, 0.6) is 5.75 Å². The lowest BCUT2D eigenvalue weighted by Gasteiger charge is -2.03. The largest absolute Gasteiger partial charge is 0.497 e. The minimum absolute atomic E-state index is 0.222. The quantitative estimate of drug-likeness (QED) is 0.760. The van der Waals surface area contributed by atoms with E-state index in [2.05, 4.69) is 25.3 Å². The predicted molar refractivity (Wildman–Crippen MR) is 75.6 cm³/mol. The Balaban J connectivity index is 1.67. The van der Waals surface area contributed by atoms with Gasteiger partial charge in [0.15, 0.2) is 5.69 Å². The molecule has 1 aromatic carbocycles. The van der Waals surface area contributed by atoms with E-state index in [4.69, 9.17) is 4.74 Å². The monoisotopic (exact) mass is 299 g/mol.